The number of carboxylic acids is 1. The second-order valence-electron chi connectivity index (χ2n) is 7.63. The van der Waals surface area contributed by atoms with E-state index in [1.54, 1.807) is 6.92 Å². The smallest absolute Gasteiger partial charge is 0.416 e. The third-order valence-corrected chi connectivity index (χ3v) is 4.72. The van der Waals surface area contributed by atoms with Crippen molar-refractivity contribution in [1.82, 2.24) is 0 Å². The van der Waals surface area contributed by atoms with Gasteiger partial charge in [0.05, 0.1) is 12.2 Å². The minimum atomic E-state index is -4.34. The number of rotatable bonds is 10. The number of aliphatic carboxylic acids is 1. The van der Waals surface area contributed by atoms with E-state index in [1.165, 1.54) is 18.6 Å². The first-order chi connectivity index (χ1) is 16.6. The van der Waals surface area contributed by atoms with Crippen molar-refractivity contribution in [3.8, 4) is 18.6 Å². The fourth-order valence-corrected chi connectivity index (χ4v) is 3.00. The van der Waals surface area contributed by atoms with E-state index in [4.69, 9.17) is 9.84 Å². The molecule has 35 heavy (non-hydrogen) atoms. The molecule has 2 rings (SSSR count). The molecule has 2 aromatic rings. The summed E-state index contributed by atoms with van der Waals surface area (Å²) in [7, 11) is 0. The average Bonchev–Trinajstić information content (AvgIpc) is 2.84. The van der Waals surface area contributed by atoms with Crippen LogP contribution in [0.5, 0.6) is 5.75 Å². The van der Waals surface area contributed by atoms with Crippen LogP contribution in [0, 0.1) is 12.8 Å². The molecule has 0 bridgehead atoms. The minimum Gasteiger partial charge on any atom is -0.494 e. The first-order valence-corrected chi connectivity index (χ1v) is 11.6. The number of aryl methyl sites for hydroxylation is 2. The van der Waals surface area contributed by atoms with Gasteiger partial charge in [0.2, 0.25) is 0 Å². The predicted molar refractivity (Wildman–Crippen MR) is 136 cm³/mol. The molecule has 0 saturated heterocycles. The predicted octanol–water partition coefficient (Wildman–Crippen LogP) is 7.23. The molecule has 192 valence electrons. The van der Waals surface area contributed by atoms with Gasteiger partial charge in [0, 0.05) is 25.1 Å². The van der Waals surface area contributed by atoms with E-state index >= 15 is 0 Å². The summed E-state index contributed by atoms with van der Waals surface area (Å²) in [5.74, 6) is -0.0844. The minimum absolute atomic E-state index is 0.101. The van der Waals surface area contributed by atoms with Gasteiger partial charge in [-0.2, -0.15) is 13.2 Å². The Kier molecular flexibility index (Phi) is 15.6. The molecule has 0 saturated carbocycles. The normalized spacial score (nSPS) is 10.9. The maximum absolute atomic E-state index is 12.6. The second-order valence-corrected chi connectivity index (χ2v) is 7.63. The van der Waals surface area contributed by atoms with E-state index < -0.39 is 17.7 Å². The van der Waals surface area contributed by atoms with Crippen LogP contribution in [0.2, 0.25) is 0 Å². The average molecular weight is 492 g/mol. The number of alkyl halides is 3. The summed E-state index contributed by atoms with van der Waals surface area (Å²) in [4.78, 5) is 15.2. The molecule has 0 unspecified atom stereocenters. The lowest BCUT2D eigenvalue weighted by Gasteiger charge is -2.11. The molecule has 0 aromatic heterocycles. The number of nitrogens with zero attached hydrogens (tertiary/aromatic N) is 1. The zero-order chi connectivity index (χ0) is 26.9. The molecule has 1 N–H and O–H groups in total. The summed E-state index contributed by atoms with van der Waals surface area (Å²) in [6, 6.07) is 10.7. The van der Waals surface area contributed by atoms with Gasteiger partial charge < -0.3 is 9.84 Å². The molecule has 4 nitrogen and oxygen atoms in total. The van der Waals surface area contributed by atoms with Crippen LogP contribution in [-0.4, -0.2) is 29.9 Å². The van der Waals surface area contributed by atoms with Crippen LogP contribution in [0.4, 0.5) is 13.2 Å². The van der Waals surface area contributed by atoms with E-state index in [9.17, 15) is 18.0 Å². The topological polar surface area (TPSA) is 58.9 Å². The van der Waals surface area contributed by atoms with E-state index in [1.807, 2.05) is 25.1 Å². The van der Waals surface area contributed by atoms with Gasteiger partial charge in [0.1, 0.15) is 5.75 Å². The third kappa shape index (κ3) is 12.7. The van der Waals surface area contributed by atoms with E-state index in [0.29, 0.717) is 37.3 Å². The van der Waals surface area contributed by atoms with E-state index in [2.05, 4.69) is 31.7 Å². The van der Waals surface area contributed by atoms with Gasteiger partial charge >= 0.3 is 12.1 Å². The van der Waals surface area contributed by atoms with Crippen molar-refractivity contribution in [3.63, 3.8) is 0 Å². The van der Waals surface area contributed by atoms with Gasteiger partial charge in [-0.3, -0.25) is 9.79 Å². The number of aliphatic imine (C=N–C) groups is 1. The largest absolute Gasteiger partial charge is 0.494 e. The molecule has 0 radical (unpaired) electrons. The van der Waals surface area contributed by atoms with Gasteiger partial charge in [-0.15, -0.1) is 12.8 Å². The van der Waals surface area contributed by atoms with Crippen LogP contribution in [-0.2, 0) is 23.8 Å². The van der Waals surface area contributed by atoms with Gasteiger partial charge in [0.15, 0.2) is 0 Å². The SMILES string of the molecule is C#C.CCC.CCc1cc(OCCCN=C(C)c2ccc(C(F)(F)F)cc2)ccc1CCC(=O)O. The van der Waals surface area contributed by atoms with Crippen molar-refractivity contribution in [1.29, 1.82) is 0 Å². The Morgan fingerprint density at radius 1 is 1.03 bits per heavy atom. The van der Waals surface area contributed by atoms with Gasteiger partial charge in [0.25, 0.3) is 0 Å². The number of ether oxygens (including phenoxy) is 1. The molecule has 0 spiro atoms. The summed E-state index contributed by atoms with van der Waals surface area (Å²) < 4.78 is 43.6. The number of halogens is 3. The van der Waals surface area contributed by atoms with Crippen molar-refractivity contribution < 1.29 is 27.8 Å². The lowest BCUT2D eigenvalue weighted by molar-refractivity contribution is -0.138. The number of hydrogen-bond acceptors (Lipinski definition) is 3. The molecule has 0 aliphatic heterocycles. The van der Waals surface area contributed by atoms with Gasteiger partial charge in [-0.25, -0.2) is 0 Å². The molecule has 0 aliphatic carbocycles. The molecular formula is C28H36F3NO3. The second kappa shape index (κ2) is 17.2. The maximum Gasteiger partial charge on any atom is 0.416 e. The zero-order valence-electron chi connectivity index (χ0n) is 21.0. The zero-order valence-corrected chi connectivity index (χ0v) is 21.0. The highest BCUT2D eigenvalue weighted by atomic mass is 19.4. The molecule has 0 fully saturated rings. The Morgan fingerprint density at radius 2 is 1.63 bits per heavy atom. The standard InChI is InChI=1S/C23H26F3NO3.C3H8.C2H2/c1-3-17-15-21(11-7-19(17)8-12-22(28)29)30-14-4-13-27-16(2)18-5-9-20(10-6-18)23(24,25)26;1-3-2;1-2/h5-7,9-11,15H,3-4,8,12-14H2,1-2H3,(H,28,29);3H2,1-2H3;1-2H. The Balaban J connectivity index is 0.00000214. The lowest BCUT2D eigenvalue weighted by atomic mass is 10.0. The third-order valence-electron chi connectivity index (χ3n) is 4.72. The molecular weight excluding hydrogens is 455 g/mol. The van der Waals surface area contributed by atoms with Crippen LogP contribution in [0.3, 0.4) is 0 Å². The Hall–Kier alpha value is -3.27. The Bertz CT molecular complexity index is 933. The number of hydrogen-bond donors (Lipinski definition) is 1. The van der Waals surface area contributed by atoms with E-state index in [-0.39, 0.29) is 6.42 Å². The van der Waals surface area contributed by atoms with Crippen molar-refractivity contribution in [2.24, 2.45) is 4.99 Å². The highest BCUT2D eigenvalue weighted by Gasteiger charge is 2.29. The first kappa shape index (κ1) is 31.7. The van der Waals surface area contributed by atoms with Crippen molar-refractivity contribution in [2.45, 2.75) is 66.0 Å². The molecule has 0 aliphatic rings. The summed E-state index contributed by atoms with van der Waals surface area (Å²) in [5, 5.41) is 8.84. The van der Waals surface area contributed by atoms with Crippen LogP contribution in [0.15, 0.2) is 47.5 Å². The van der Waals surface area contributed by atoms with Crippen molar-refractivity contribution in [2.75, 3.05) is 13.2 Å². The monoisotopic (exact) mass is 491 g/mol. The summed E-state index contributed by atoms with van der Waals surface area (Å²) in [6.07, 6.45) is 6.97. The molecule has 2 aromatic carbocycles. The fourth-order valence-electron chi connectivity index (χ4n) is 3.00. The van der Waals surface area contributed by atoms with Crippen molar-refractivity contribution >= 4 is 11.7 Å². The number of terminal acetylenes is 1. The quantitative estimate of drug-likeness (QED) is 0.217. The number of carbonyl (C=O) groups is 1. The summed E-state index contributed by atoms with van der Waals surface area (Å²) in [5.41, 5.74) is 2.76. The number of benzene rings is 2. The molecule has 0 atom stereocenters. The molecule has 0 heterocycles. The van der Waals surface area contributed by atoms with Crippen molar-refractivity contribution in [3.05, 3.63) is 64.7 Å². The van der Waals surface area contributed by atoms with Gasteiger partial charge in [-0.05, 0) is 60.7 Å². The highest BCUT2D eigenvalue weighted by molar-refractivity contribution is 5.98. The lowest BCUT2D eigenvalue weighted by Crippen LogP contribution is -2.06. The van der Waals surface area contributed by atoms with Crippen LogP contribution >= 0.6 is 0 Å². The fraction of sp³-hybridized carbons (Fsp3) is 0.429. The van der Waals surface area contributed by atoms with Gasteiger partial charge in [-0.1, -0.05) is 45.4 Å². The summed E-state index contributed by atoms with van der Waals surface area (Å²) >= 11 is 0. The Labute approximate surface area is 207 Å². The van der Waals surface area contributed by atoms with Crippen LogP contribution in [0.1, 0.15) is 69.2 Å². The summed E-state index contributed by atoms with van der Waals surface area (Å²) in [6.45, 7) is 9.00. The molecule has 0 amide bonds. The number of carboxylic acid groups (broad SMARTS) is 1. The van der Waals surface area contributed by atoms with Crippen LogP contribution < -0.4 is 4.74 Å². The van der Waals surface area contributed by atoms with E-state index in [0.717, 1.165) is 35.4 Å². The highest BCUT2D eigenvalue weighted by Crippen LogP contribution is 2.29. The maximum atomic E-state index is 12.6. The molecule has 7 heteroatoms. The first-order valence-electron chi connectivity index (χ1n) is 11.6. The van der Waals surface area contributed by atoms with Crippen LogP contribution in [0.25, 0.3) is 0 Å². The Morgan fingerprint density at radius 3 is 2.14 bits per heavy atom.